The number of β-lactam (4-membered cyclic amide) rings is 1. The minimum atomic E-state index is 0.344. The summed E-state index contributed by atoms with van der Waals surface area (Å²) in [5.41, 5.74) is 0. The van der Waals surface area contributed by atoms with Crippen LogP contribution in [0.4, 0.5) is 0 Å². The number of hydrogen-bond donors (Lipinski definition) is 0. The van der Waals surface area contributed by atoms with Crippen LogP contribution in [0.2, 0.25) is 0 Å². The highest BCUT2D eigenvalue weighted by Gasteiger charge is 2.42. The first-order valence-corrected chi connectivity index (χ1v) is 4.16. The standard InChI is InChI=1S/C6H9NOS/c1-4-3-7-5(8)2-6(7)9-4/h4,6H,2-3H2,1H3. The van der Waals surface area contributed by atoms with Crippen LogP contribution < -0.4 is 0 Å². The Labute approximate surface area is 58.6 Å². The lowest BCUT2D eigenvalue weighted by molar-refractivity contribution is -0.140. The molecule has 0 aliphatic carbocycles. The largest absolute Gasteiger partial charge is 0.329 e. The van der Waals surface area contributed by atoms with Crippen LogP contribution in [0.25, 0.3) is 0 Å². The normalized spacial score (nSPS) is 40.6. The molecule has 0 bridgehead atoms. The summed E-state index contributed by atoms with van der Waals surface area (Å²) in [6, 6.07) is 0. The molecule has 0 aromatic heterocycles. The van der Waals surface area contributed by atoms with E-state index < -0.39 is 0 Å². The Morgan fingerprint density at radius 3 is 3.00 bits per heavy atom. The van der Waals surface area contributed by atoms with Gasteiger partial charge >= 0.3 is 0 Å². The van der Waals surface area contributed by atoms with Gasteiger partial charge in [-0.15, -0.1) is 11.8 Å². The van der Waals surface area contributed by atoms with Crippen LogP contribution in [-0.4, -0.2) is 28.0 Å². The van der Waals surface area contributed by atoms with E-state index in [1.54, 1.807) is 0 Å². The lowest BCUT2D eigenvalue weighted by Gasteiger charge is -2.32. The third kappa shape index (κ3) is 0.674. The monoisotopic (exact) mass is 143 g/mol. The van der Waals surface area contributed by atoms with Crippen molar-refractivity contribution in [2.24, 2.45) is 0 Å². The van der Waals surface area contributed by atoms with Crippen molar-refractivity contribution in [2.45, 2.75) is 24.0 Å². The first-order valence-electron chi connectivity index (χ1n) is 3.22. The van der Waals surface area contributed by atoms with Crippen molar-refractivity contribution in [2.75, 3.05) is 6.54 Å². The molecular formula is C6H9NOS. The molecule has 2 saturated heterocycles. The van der Waals surface area contributed by atoms with E-state index in [0.717, 1.165) is 13.0 Å². The third-order valence-electron chi connectivity index (χ3n) is 1.86. The maximum Gasteiger partial charge on any atom is 0.226 e. The van der Waals surface area contributed by atoms with Crippen LogP contribution in [0.5, 0.6) is 0 Å². The van der Waals surface area contributed by atoms with Crippen molar-refractivity contribution < 1.29 is 4.79 Å². The van der Waals surface area contributed by atoms with Crippen molar-refractivity contribution in [3.63, 3.8) is 0 Å². The Hall–Kier alpha value is -0.180. The van der Waals surface area contributed by atoms with Crippen molar-refractivity contribution in [1.29, 1.82) is 0 Å². The second-order valence-corrected chi connectivity index (χ2v) is 4.27. The summed E-state index contributed by atoms with van der Waals surface area (Å²) in [5.74, 6) is 0.344. The summed E-state index contributed by atoms with van der Waals surface area (Å²) in [6.45, 7) is 3.16. The Bertz CT molecular complexity index is 159. The number of carbonyl (C=O) groups excluding carboxylic acids is 1. The number of carbonyl (C=O) groups is 1. The Kier molecular flexibility index (Phi) is 1.03. The van der Waals surface area contributed by atoms with E-state index in [2.05, 4.69) is 6.92 Å². The second-order valence-electron chi connectivity index (χ2n) is 2.65. The van der Waals surface area contributed by atoms with Crippen molar-refractivity contribution in [3.05, 3.63) is 0 Å². The molecule has 0 N–H and O–H groups in total. The van der Waals surface area contributed by atoms with Gasteiger partial charge in [-0.3, -0.25) is 4.79 Å². The number of hydrogen-bond acceptors (Lipinski definition) is 2. The molecule has 2 heterocycles. The molecule has 2 fully saturated rings. The second kappa shape index (κ2) is 1.66. The van der Waals surface area contributed by atoms with Gasteiger partial charge in [0, 0.05) is 11.8 Å². The molecule has 2 aliphatic rings. The summed E-state index contributed by atoms with van der Waals surface area (Å²) < 4.78 is 0. The van der Waals surface area contributed by atoms with E-state index in [-0.39, 0.29) is 0 Å². The van der Waals surface area contributed by atoms with Gasteiger partial charge in [-0.05, 0) is 0 Å². The molecule has 0 radical (unpaired) electrons. The highest BCUT2D eigenvalue weighted by molar-refractivity contribution is 8.00. The molecule has 2 nitrogen and oxygen atoms in total. The van der Waals surface area contributed by atoms with Gasteiger partial charge in [0.05, 0.1) is 11.8 Å². The highest BCUT2D eigenvalue weighted by atomic mass is 32.2. The summed E-state index contributed by atoms with van der Waals surface area (Å²) in [4.78, 5) is 12.7. The summed E-state index contributed by atoms with van der Waals surface area (Å²) in [7, 11) is 0. The van der Waals surface area contributed by atoms with Crippen LogP contribution in [0.1, 0.15) is 13.3 Å². The average molecular weight is 143 g/mol. The molecule has 0 aromatic carbocycles. The van der Waals surface area contributed by atoms with Crippen molar-refractivity contribution >= 4 is 17.7 Å². The van der Waals surface area contributed by atoms with Crippen LogP contribution in [0.3, 0.4) is 0 Å². The van der Waals surface area contributed by atoms with E-state index in [1.807, 2.05) is 16.7 Å². The van der Waals surface area contributed by atoms with Gasteiger partial charge in [0.25, 0.3) is 0 Å². The van der Waals surface area contributed by atoms with Crippen molar-refractivity contribution in [1.82, 2.24) is 4.90 Å². The van der Waals surface area contributed by atoms with Crippen LogP contribution in [0.15, 0.2) is 0 Å². The number of nitrogens with zero attached hydrogens (tertiary/aromatic N) is 1. The van der Waals surface area contributed by atoms with Gasteiger partial charge in [0.15, 0.2) is 0 Å². The van der Waals surface area contributed by atoms with E-state index in [0.29, 0.717) is 16.5 Å². The zero-order valence-electron chi connectivity index (χ0n) is 5.33. The topological polar surface area (TPSA) is 20.3 Å². The maximum atomic E-state index is 10.8. The maximum absolute atomic E-state index is 10.8. The van der Waals surface area contributed by atoms with E-state index in [9.17, 15) is 4.79 Å². The lowest BCUT2D eigenvalue weighted by atomic mass is 10.2. The molecule has 0 saturated carbocycles. The third-order valence-corrected chi connectivity index (χ3v) is 3.21. The molecular weight excluding hydrogens is 134 g/mol. The predicted molar refractivity (Wildman–Crippen MR) is 37.2 cm³/mol. The average Bonchev–Trinajstić information content (AvgIpc) is 2.08. The van der Waals surface area contributed by atoms with Crippen molar-refractivity contribution in [3.8, 4) is 0 Å². The Balaban J connectivity index is 2.08. The van der Waals surface area contributed by atoms with Crippen LogP contribution in [0, 0.1) is 0 Å². The fourth-order valence-electron chi connectivity index (χ4n) is 1.35. The molecule has 2 aliphatic heterocycles. The fourth-order valence-corrected chi connectivity index (χ4v) is 2.73. The zero-order chi connectivity index (χ0) is 6.43. The number of thioether (sulfide) groups is 1. The smallest absolute Gasteiger partial charge is 0.226 e. The molecule has 2 atom stereocenters. The molecule has 2 unspecified atom stereocenters. The lowest BCUT2D eigenvalue weighted by Crippen LogP contribution is -2.47. The minimum absolute atomic E-state index is 0.344. The van der Waals surface area contributed by atoms with Gasteiger partial charge in [0.2, 0.25) is 5.91 Å². The fraction of sp³-hybridized carbons (Fsp3) is 0.833. The quantitative estimate of drug-likeness (QED) is 0.465. The molecule has 0 spiro atoms. The summed E-state index contributed by atoms with van der Waals surface area (Å²) >= 11 is 1.92. The molecule has 3 heteroatoms. The number of fused-ring (bicyclic) bond motifs is 1. The first-order chi connectivity index (χ1) is 4.27. The number of rotatable bonds is 0. The van der Waals surface area contributed by atoms with E-state index in [4.69, 9.17) is 0 Å². The van der Waals surface area contributed by atoms with Gasteiger partial charge < -0.3 is 4.90 Å². The summed E-state index contributed by atoms with van der Waals surface area (Å²) in [5, 5.41) is 1.22. The first kappa shape index (κ1) is 5.59. The Morgan fingerprint density at radius 2 is 2.56 bits per heavy atom. The highest BCUT2D eigenvalue weighted by Crippen LogP contribution is 2.39. The predicted octanol–water partition coefficient (Wildman–Crippen LogP) is 0.680. The number of amides is 1. The van der Waals surface area contributed by atoms with Crippen LogP contribution >= 0.6 is 11.8 Å². The SMILES string of the molecule is CC1CN2C(=O)CC2S1. The van der Waals surface area contributed by atoms with Crippen LogP contribution in [-0.2, 0) is 4.79 Å². The molecule has 0 aromatic rings. The van der Waals surface area contributed by atoms with E-state index in [1.165, 1.54) is 0 Å². The Morgan fingerprint density at radius 1 is 1.78 bits per heavy atom. The summed E-state index contributed by atoms with van der Waals surface area (Å²) in [6.07, 6.45) is 0.787. The molecule has 50 valence electrons. The van der Waals surface area contributed by atoms with Gasteiger partial charge in [-0.1, -0.05) is 6.92 Å². The van der Waals surface area contributed by atoms with Gasteiger partial charge in [0.1, 0.15) is 0 Å². The zero-order valence-corrected chi connectivity index (χ0v) is 6.15. The minimum Gasteiger partial charge on any atom is -0.329 e. The molecule has 1 amide bonds. The van der Waals surface area contributed by atoms with Gasteiger partial charge in [-0.2, -0.15) is 0 Å². The van der Waals surface area contributed by atoms with Gasteiger partial charge in [-0.25, -0.2) is 0 Å². The van der Waals surface area contributed by atoms with E-state index >= 15 is 0 Å². The molecule has 2 rings (SSSR count). The molecule has 9 heavy (non-hydrogen) atoms.